The van der Waals surface area contributed by atoms with Crippen molar-refractivity contribution < 1.29 is 0 Å². The Bertz CT molecular complexity index is 613. The minimum atomic E-state index is 0.883. The molecule has 0 atom stereocenters. The molecule has 0 saturated carbocycles. The Labute approximate surface area is 133 Å². The van der Waals surface area contributed by atoms with Gasteiger partial charge in [-0.1, -0.05) is 38.0 Å². The summed E-state index contributed by atoms with van der Waals surface area (Å²) in [5.41, 5.74) is 3.90. The fraction of sp³-hybridized carbons (Fsp3) is 0.500. The van der Waals surface area contributed by atoms with Crippen LogP contribution in [0.15, 0.2) is 29.4 Å². The summed E-state index contributed by atoms with van der Waals surface area (Å²) in [5, 5.41) is 8.08. The van der Waals surface area contributed by atoms with E-state index in [1.54, 1.807) is 0 Å². The Balaban J connectivity index is 1.83. The molecular formula is C18H28N4. The van der Waals surface area contributed by atoms with Crippen LogP contribution in [-0.4, -0.2) is 31.1 Å². The third-order valence-corrected chi connectivity index (χ3v) is 3.99. The van der Waals surface area contributed by atoms with E-state index < -0.39 is 0 Å². The van der Waals surface area contributed by atoms with Gasteiger partial charge in [0.2, 0.25) is 0 Å². The molecule has 4 heteroatoms. The lowest BCUT2D eigenvalue weighted by molar-refractivity contribution is 0.682. The van der Waals surface area contributed by atoms with Crippen LogP contribution in [0, 0.1) is 6.92 Å². The Morgan fingerprint density at radius 3 is 2.77 bits per heavy atom. The molecule has 0 fully saturated rings. The Hall–Kier alpha value is -1.97. The van der Waals surface area contributed by atoms with Gasteiger partial charge in [-0.2, -0.15) is 0 Å². The van der Waals surface area contributed by atoms with Crippen molar-refractivity contribution in [3.63, 3.8) is 0 Å². The number of aromatic amines is 1. The van der Waals surface area contributed by atoms with Crippen LogP contribution < -0.4 is 10.6 Å². The highest BCUT2D eigenvalue weighted by Crippen LogP contribution is 2.21. The van der Waals surface area contributed by atoms with Crippen molar-refractivity contribution in [3.05, 3.63) is 35.5 Å². The van der Waals surface area contributed by atoms with E-state index in [2.05, 4.69) is 58.9 Å². The second-order valence-corrected chi connectivity index (χ2v) is 5.69. The molecule has 0 bridgehead atoms. The number of benzene rings is 1. The fourth-order valence-electron chi connectivity index (χ4n) is 2.69. The zero-order valence-corrected chi connectivity index (χ0v) is 14.0. The van der Waals surface area contributed by atoms with Crippen molar-refractivity contribution in [1.82, 2.24) is 15.6 Å². The maximum absolute atomic E-state index is 4.27. The van der Waals surface area contributed by atoms with Crippen LogP contribution in [0.1, 0.15) is 37.3 Å². The van der Waals surface area contributed by atoms with Crippen LogP contribution in [0.5, 0.6) is 0 Å². The highest BCUT2D eigenvalue weighted by atomic mass is 15.2. The highest BCUT2D eigenvalue weighted by Gasteiger charge is 2.05. The lowest BCUT2D eigenvalue weighted by Gasteiger charge is -2.11. The van der Waals surface area contributed by atoms with Gasteiger partial charge in [-0.15, -0.1) is 0 Å². The maximum Gasteiger partial charge on any atom is 0.190 e. The van der Waals surface area contributed by atoms with Gasteiger partial charge in [-0.25, -0.2) is 0 Å². The average Bonchev–Trinajstić information content (AvgIpc) is 2.94. The van der Waals surface area contributed by atoms with E-state index in [0.717, 1.165) is 25.5 Å². The molecule has 2 rings (SSSR count). The SMILES string of the molecule is CCCCCNC(=NC)NCCc1c[nH]c2c(C)cccc12. The number of aryl methyl sites for hydroxylation is 1. The minimum Gasteiger partial charge on any atom is -0.361 e. The molecule has 2 aromatic rings. The first-order valence-electron chi connectivity index (χ1n) is 8.26. The van der Waals surface area contributed by atoms with E-state index in [9.17, 15) is 0 Å². The van der Waals surface area contributed by atoms with Crippen molar-refractivity contribution >= 4 is 16.9 Å². The third kappa shape index (κ3) is 4.26. The molecule has 0 saturated heterocycles. The number of nitrogens with zero attached hydrogens (tertiary/aromatic N) is 1. The molecule has 120 valence electrons. The molecule has 3 N–H and O–H groups in total. The lowest BCUT2D eigenvalue weighted by Crippen LogP contribution is -2.38. The van der Waals surface area contributed by atoms with Crippen LogP contribution in [0.3, 0.4) is 0 Å². The Morgan fingerprint density at radius 1 is 1.18 bits per heavy atom. The van der Waals surface area contributed by atoms with Crippen LogP contribution in [0.4, 0.5) is 0 Å². The number of hydrogen-bond acceptors (Lipinski definition) is 1. The van der Waals surface area contributed by atoms with Crippen molar-refractivity contribution in [2.24, 2.45) is 4.99 Å². The predicted molar refractivity (Wildman–Crippen MR) is 95.6 cm³/mol. The van der Waals surface area contributed by atoms with Crippen molar-refractivity contribution in [2.75, 3.05) is 20.1 Å². The van der Waals surface area contributed by atoms with E-state index >= 15 is 0 Å². The Morgan fingerprint density at radius 2 is 2.00 bits per heavy atom. The summed E-state index contributed by atoms with van der Waals surface area (Å²) >= 11 is 0. The number of para-hydroxylation sites is 1. The summed E-state index contributed by atoms with van der Waals surface area (Å²) in [5.74, 6) is 0.895. The predicted octanol–water partition coefficient (Wildman–Crippen LogP) is 3.37. The van der Waals surface area contributed by atoms with Gasteiger partial charge in [-0.05, 0) is 30.9 Å². The van der Waals surface area contributed by atoms with Gasteiger partial charge in [0.05, 0.1) is 0 Å². The molecule has 1 aromatic carbocycles. The number of guanidine groups is 1. The molecule has 1 heterocycles. The van der Waals surface area contributed by atoms with Crippen molar-refractivity contribution in [2.45, 2.75) is 39.5 Å². The minimum absolute atomic E-state index is 0.883. The average molecular weight is 300 g/mol. The largest absolute Gasteiger partial charge is 0.361 e. The molecular weight excluding hydrogens is 272 g/mol. The van der Waals surface area contributed by atoms with E-state index in [0.29, 0.717) is 0 Å². The van der Waals surface area contributed by atoms with E-state index in [1.807, 2.05) is 7.05 Å². The highest BCUT2D eigenvalue weighted by molar-refractivity contribution is 5.86. The van der Waals surface area contributed by atoms with Gasteiger partial charge in [-0.3, -0.25) is 4.99 Å². The van der Waals surface area contributed by atoms with E-state index in [1.165, 1.54) is 41.3 Å². The van der Waals surface area contributed by atoms with Gasteiger partial charge in [0.15, 0.2) is 5.96 Å². The van der Waals surface area contributed by atoms with Crippen molar-refractivity contribution in [3.8, 4) is 0 Å². The Kier molecular flexibility index (Phi) is 6.31. The second-order valence-electron chi connectivity index (χ2n) is 5.69. The van der Waals surface area contributed by atoms with Crippen molar-refractivity contribution in [1.29, 1.82) is 0 Å². The molecule has 0 aliphatic heterocycles. The van der Waals surface area contributed by atoms with Crippen LogP contribution in [-0.2, 0) is 6.42 Å². The standard InChI is InChI=1S/C18H28N4/c1-4-5-6-11-20-18(19-3)21-12-10-15-13-22-17-14(2)8-7-9-16(15)17/h7-9,13,22H,4-6,10-12H2,1-3H3,(H2,19,20,21). The molecule has 4 nitrogen and oxygen atoms in total. The molecule has 22 heavy (non-hydrogen) atoms. The first-order valence-corrected chi connectivity index (χ1v) is 8.26. The normalized spacial score (nSPS) is 11.9. The van der Waals surface area contributed by atoms with E-state index in [-0.39, 0.29) is 0 Å². The molecule has 0 unspecified atom stereocenters. The molecule has 1 aromatic heterocycles. The van der Waals surface area contributed by atoms with Gasteiger partial charge in [0.25, 0.3) is 0 Å². The number of hydrogen-bond donors (Lipinski definition) is 3. The van der Waals surface area contributed by atoms with Gasteiger partial charge < -0.3 is 15.6 Å². The fourth-order valence-corrected chi connectivity index (χ4v) is 2.69. The molecule has 0 spiro atoms. The summed E-state index contributed by atoms with van der Waals surface area (Å²) in [6.45, 7) is 6.23. The number of aliphatic imine (C=N–C) groups is 1. The van der Waals surface area contributed by atoms with Gasteiger partial charge in [0.1, 0.15) is 0 Å². The quantitative estimate of drug-likeness (QED) is 0.417. The zero-order valence-electron chi connectivity index (χ0n) is 14.0. The summed E-state index contributed by atoms with van der Waals surface area (Å²) in [6.07, 6.45) is 6.81. The number of aromatic nitrogens is 1. The molecule has 0 aliphatic carbocycles. The number of H-pyrrole nitrogens is 1. The summed E-state index contributed by atoms with van der Waals surface area (Å²) in [6, 6.07) is 6.45. The van der Waals surface area contributed by atoms with Crippen LogP contribution in [0.2, 0.25) is 0 Å². The number of unbranched alkanes of at least 4 members (excludes halogenated alkanes) is 2. The number of rotatable bonds is 7. The zero-order chi connectivity index (χ0) is 15.8. The van der Waals surface area contributed by atoms with Gasteiger partial charge >= 0.3 is 0 Å². The summed E-state index contributed by atoms with van der Waals surface area (Å²) in [4.78, 5) is 7.65. The van der Waals surface area contributed by atoms with Crippen LogP contribution in [0.25, 0.3) is 10.9 Å². The first-order chi connectivity index (χ1) is 10.8. The number of nitrogens with one attached hydrogen (secondary N) is 3. The molecule has 0 aliphatic rings. The third-order valence-electron chi connectivity index (χ3n) is 3.99. The van der Waals surface area contributed by atoms with E-state index in [4.69, 9.17) is 0 Å². The summed E-state index contributed by atoms with van der Waals surface area (Å²) < 4.78 is 0. The molecule has 0 amide bonds. The number of fused-ring (bicyclic) bond motifs is 1. The lowest BCUT2D eigenvalue weighted by atomic mass is 10.1. The first kappa shape index (κ1) is 16.4. The smallest absolute Gasteiger partial charge is 0.190 e. The molecule has 0 radical (unpaired) electrons. The van der Waals surface area contributed by atoms with Gasteiger partial charge in [0, 0.05) is 37.2 Å². The second kappa shape index (κ2) is 8.47. The maximum atomic E-state index is 4.27. The summed E-state index contributed by atoms with van der Waals surface area (Å²) in [7, 11) is 1.82. The van der Waals surface area contributed by atoms with Crippen LogP contribution >= 0.6 is 0 Å². The topological polar surface area (TPSA) is 52.2 Å². The monoisotopic (exact) mass is 300 g/mol.